The minimum atomic E-state index is -1.73. The average Bonchev–Trinajstić information content (AvgIpc) is 2.14. The van der Waals surface area contributed by atoms with E-state index in [0.717, 1.165) is 0 Å². The van der Waals surface area contributed by atoms with E-state index in [-0.39, 0.29) is 5.56 Å². The number of aromatic carboxylic acids is 1. The van der Waals surface area contributed by atoms with E-state index >= 15 is 0 Å². The Balaban J connectivity index is 3.30. The fourth-order valence-corrected chi connectivity index (χ4v) is 1.19. The largest absolute Gasteiger partial charge is 0.481 e. The van der Waals surface area contributed by atoms with Gasteiger partial charge in [-0.1, -0.05) is 0 Å². The summed E-state index contributed by atoms with van der Waals surface area (Å²) in [4.78, 5) is 21.0. The molecule has 0 aliphatic carbocycles. The molecule has 0 aromatic heterocycles. The molecule has 2 N–H and O–H groups in total. The van der Waals surface area contributed by atoms with Crippen molar-refractivity contribution in [2.45, 2.75) is 12.8 Å². The van der Waals surface area contributed by atoms with Gasteiger partial charge in [0.1, 0.15) is 17.2 Å². The summed E-state index contributed by atoms with van der Waals surface area (Å²) in [6.07, 6.45) is 0. The van der Waals surface area contributed by atoms with E-state index < -0.39 is 35.1 Å². The van der Waals surface area contributed by atoms with Gasteiger partial charge >= 0.3 is 11.9 Å². The summed E-state index contributed by atoms with van der Waals surface area (Å²) < 4.78 is 26.3. The highest BCUT2D eigenvalue weighted by Crippen LogP contribution is 2.21. The van der Waals surface area contributed by atoms with Crippen molar-refractivity contribution < 1.29 is 28.6 Å². The van der Waals surface area contributed by atoms with Gasteiger partial charge in [0, 0.05) is 0 Å². The Morgan fingerprint density at radius 1 is 1.19 bits per heavy atom. The Kier molecular flexibility index (Phi) is 3.22. The maximum absolute atomic E-state index is 13.2. The van der Waals surface area contributed by atoms with Crippen molar-refractivity contribution in [3.63, 3.8) is 0 Å². The molecule has 0 saturated carbocycles. The molecule has 0 aliphatic heterocycles. The molecule has 1 atom stereocenters. The Hall–Kier alpha value is -1.98. The van der Waals surface area contributed by atoms with Gasteiger partial charge in [0.05, 0.1) is 5.92 Å². The monoisotopic (exact) mass is 230 g/mol. The summed E-state index contributed by atoms with van der Waals surface area (Å²) in [7, 11) is 0. The van der Waals surface area contributed by atoms with E-state index in [4.69, 9.17) is 10.2 Å². The molecule has 0 radical (unpaired) electrons. The van der Waals surface area contributed by atoms with Crippen LogP contribution in [0, 0.1) is 11.6 Å². The van der Waals surface area contributed by atoms with E-state index in [1.807, 2.05) is 0 Å². The highest BCUT2D eigenvalue weighted by Gasteiger charge is 2.22. The Bertz CT molecular complexity index is 433. The van der Waals surface area contributed by atoms with E-state index in [1.54, 1.807) is 0 Å². The molecular weight excluding hydrogens is 222 g/mol. The number of rotatable bonds is 3. The molecule has 1 rings (SSSR count). The first-order chi connectivity index (χ1) is 7.34. The predicted molar refractivity (Wildman–Crippen MR) is 49.4 cm³/mol. The standard InChI is InChI=1S/C10H8F2O4/c1-4(9(13)14)5-2-6(11)8(10(15)16)7(12)3-5/h2-4H,1H3,(H,13,14)(H,15,16). The van der Waals surface area contributed by atoms with Crippen LogP contribution >= 0.6 is 0 Å². The summed E-state index contributed by atoms with van der Waals surface area (Å²) in [5, 5.41) is 17.1. The van der Waals surface area contributed by atoms with Crippen molar-refractivity contribution in [3.05, 3.63) is 34.9 Å². The first-order valence-corrected chi connectivity index (χ1v) is 4.29. The van der Waals surface area contributed by atoms with Gasteiger partial charge in [-0.05, 0) is 24.6 Å². The molecule has 6 heteroatoms. The summed E-state index contributed by atoms with van der Waals surface area (Å²) in [5.41, 5.74) is -1.20. The van der Waals surface area contributed by atoms with Gasteiger partial charge in [0.15, 0.2) is 0 Å². The van der Waals surface area contributed by atoms with Crippen LogP contribution in [0.1, 0.15) is 28.8 Å². The van der Waals surface area contributed by atoms with E-state index in [0.29, 0.717) is 12.1 Å². The number of hydrogen-bond donors (Lipinski definition) is 2. The smallest absolute Gasteiger partial charge is 0.341 e. The molecule has 1 unspecified atom stereocenters. The molecule has 0 amide bonds. The second kappa shape index (κ2) is 4.26. The number of carbonyl (C=O) groups is 2. The second-order valence-corrected chi connectivity index (χ2v) is 3.22. The van der Waals surface area contributed by atoms with E-state index in [2.05, 4.69) is 0 Å². The molecule has 0 bridgehead atoms. The number of carboxylic acid groups (broad SMARTS) is 2. The van der Waals surface area contributed by atoms with Crippen LogP contribution in [0.4, 0.5) is 8.78 Å². The summed E-state index contributed by atoms with van der Waals surface area (Å²) in [6.45, 7) is 1.25. The third-order valence-corrected chi connectivity index (χ3v) is 2.15. The molecule has 1 aromatic rings. The number of aliphatic carboxylic acids is 1. The Morgan fingerprint density at radius 3 is 1.94 bits per heavy atom. The van der Waals surface area contributed by atoms with Crippen molar-refractivity contribution in [2.24, 2.45) is 0 Å². The maximum atomic E-state index is 13.2. The number of carboxylic acids is 2. The van der Waals surface area contributed by atoms with Gasteiger partial charge in [-0.2, -0.15) is 0 Å². The highest BCUT2D eigenvalue weighted by atomic mass is 19.1. The first kappa shape index (κ1) is 12.1. The maximum Gasteiger partial charge on any atom is 0.341 e. The lowest BCUT2D eigenvalue weighted by Crippen LogP contribution is -2.11. The van der Waals surface area contributed by atoms with Crippen LogP contribution < -0.4 is 0 Å². The molecule has 1 aromatic carbocycles. The zero-order valence-electron chi connectivity index (χ0n) is 8.20. The Labute approximate surface area is 89.1 Å². The molecule has 4 nitrogen and oxygen atoms in total. The van der Waals surface area contributed by atoms with Crippen LogP contribution in [0.25, 0.3) is 0 Å². The predicted octanol–water partition coefficient (Wildman–Crippen LogP) is 1.85. The van der Waals surface area contributed by atoms with Gasteiger partial charge in [0.25, 0.3) is 0 Å². The zero-order valence-corrected chi connectivity index (χ0v) is 8.20. The van der Waals surface area contributed by atoms with Crippen molar-refractivity contribution in [2.75, 3.05) is 0 Å². The van der Waals surface area contributed by atoms with Gasteiger partial charge in [-0.15, -0.1) is 0 Å². The third-order valence-electron chi connectivity index (χ3n) is 2.15. The lowest BCUT2D eigenvalue weighted by Gasteiger charge is -2.08. The minimum absolute atomic E-state index is 0.118. The van der Waals surface area contributed by atoms with Crippen LogP contribution in [0.2, 0.25) is 0 Å². The quantitative estimate of drug-likeness (QED) is 0.830. The van der Waals surface area contributed by atoms with Crippen molar-refractivity contribution in [1.82, 2.24) is 0 Å². The lowest BCUT2D eigenvalue weighted by atomic mass is 9.99. The van der Waals surface area contributed by atoms with Gasteiger partial charge in [-0.25, -0.2) is 13.6 Å². The molecular formula is C10H8F2O4. The third kappa shape index (κ3) is 2.16. The van der Waals surface area contributed by atoms with Crippen molar-refractivity contribution >= 4 is 11.9 Å². The normalized spacial score (nSPS) is 12.2. The summed E-state index contributed by atoms with van der Waals surface area (Å²) in [6, 6.07) is 1.43. The number of benzene rings is 1. The van der Waals surface area contributed by atoms with Crippen LogP contribution in [-0.2, 0) is 4.79 Å². The fourth-order valence-electron chi connectivity index (χ4n) is 1.19. The second-order valence-electron chi connectivity index (χ2n) is 3.22. The number of halogens is 2. The molecule has 0 spiro atoms. The fraction of sp³-hybridized carbons (Fsp3) is 0.200. The van der Waals surface area contributed by atoms with E-state index in [1.165, 1.54) is 6.92 Å². The van der Waals surface area contributed by atoms with Crippen LogP contribution in [-0.4, -0.2) is 22.2 Å². The van der Waals surface area contributed by atoms with Crippen molar-refractivity contribution in [1.29, 1.82) is 0 Å². The molecule has 0 fully saturated rings. The van der Waals surface area contributed by atoms with Gasteiger partial charge in [-0.3, -0.25) is 4.79 Å². The van der Waals surface area contributed by atoms with Gasteiger partial charge in [0.2, 0.25) is 0 Å². The molecule has 0 aliphatic rings. The molecule has 16 heavy (non-hydrogen) atoms. The zero-order chi connectivity index (χ0) is 12.5. The number of hydrogen-bond acceptors (Lipinski definition) is 2. The Morgan fingerprint density at radius 2 is 1.62 bits per heavy atom. The lowest BCUT2D eigenvalue weighted by molar-refractivity contribution is -0.138. The van der Waals surface area contributed by atoms with Crippen LogP contribution in [0.15, 0.2) is 12.1 Å². The van der Waals surface area contributed by atoms with Crippen LogP contribution in [0.5, 0.6) is 0 Å². The average molecular weight is 230 g/mol. The van der Waals surface area contributed by atoms with Crippen LogP contribution in [0.3, 0.4) is 0 Å². The SMILES string of the molecule is CC(C(=O)O)c1cc(F)c(C(=O)O)c(F)c1. The van der Waals surface area contributed by atoms with E-state index in [9.17, 15) is 18.4 Å². The molecule has 0 heterocycles. The first-order valence-electron chi connectivity index (χ1n) is 4.29. The highest BCUT2D eigenvalue weighted by molar-refractivity contribution is 5.88. The summed E-state index contributed by atoms with van der Waals surface area (Å²) >= 11 is 0. The minimum Gasteiger partial charge on any atom is -0.481 e. The molecule has 86 valence electrons. The summed E-state index contributed by atoms with van der Waals surface area (Å²) in [5.74, 6) is -6.65. The molecule has 0 saturated heterocycles. The van der Waals surface area contributed by atoms with Gasteiger partial charge < -0.3 is 10.2 Å². The van der Waals surface area contributed by atoms with Crippen molar-refractivity contribution in [3.8, 4) is 0 Å². The topological polar surface area (TPSA) is 74.6 Å².